The molecule has 0 atom stereocenters. The van der Waals surface area contributed by atoms with Crippen molar-refractivity contribution in [3.8, 4) is 51.0 Å². The van der Waals surface area contributed by atoms with Crippen molar-refractivity contribution < 1.29 is 4.42 Å². The Hall–Kier alpha value is -7.37. The van der Waals surface area contributed by atoms with Crippen molar-refractivity contribution in [1.82, 2.24) is 19.5 Å². The highest BCUT2D eigenvalue weighted by molar-refractivity contribution is 6.19. The van der Waals surface area contributed by atoms with Gasteiger partial charge in [-0.05, 0) is 63.4 Å². The number of fused-ring (bicyclic) bond motifs is 11. The van der Waals surface area contributed by atoms with Crippen LogP contribution < -0.4 is 0 Å². The van der Waals surface area contributed by atoms with Crippen LogP contribution in [0, 0.1) is 0 Å². The van der Waals surface area contributed by atoms with Gasteiger partial charge in [0, 0.05) is 43.7 Å². The number of para-hydroxylation sites is 1. The zero-order valence-corrected chi connectivity index (χ0v) is 31.4. The predicted octanol–water partition coefficient (Wildman–Crippen LogP) is 13.3. The van der Waals surface area contributed by atoms with Crippen molar-refractivity contribution in [2.24, 2.45) is 0 Å². The quantitative estimate of drug-likeness (QED) is 0.181. The minimum absolute atomic E-state index is 0.240. The second kappa shape index (κ2) is 11.8. The summed E-state index contributed by atoms with van der Waals surface area (Å²) >= 11 is 0. The lowest BCUT2D eigenvalue weighted by atomic mass is 9.81. The summed E-state index contributed by atoms with van der Waals surface area (Å²) in [5.41, 5.74) is 12.7. The Labute approximate surface area is 328 Å². The van der Waals surface area contributed by atoms with E-state index in [1.807, 2.05) is 66.7 Å². The number of rotatable bonds is 4. The van der Waals surface area contributed by atoms with E-state index in [1.165, 1.54) is 49.3 Å². The molecule has 268 valence electrons. The molecule has 0 fully saturated rings. The summed E-state index contributed by atoms with van der Waals surface area (Å²) in [5.74, 6) is 1.84. The topological polar surface area (TPSA) is 56.7 Å². The van der Waals surface area contributed by atoms with Gasteiger partial charge in [0.15, 0.2) is 23.1 Å². The van der Waals surface area contributed by atoms with E-state index in [0.717, 1.165) is 49.8 Å². The van der Waals surface area contributed by atoms with E-state index in [1.54, 1.807) is 0 Å². The zero-order chi connectivity index (χ0) is 37.8. The van der Waals surface area contributed by atoms with Crippen molar-refractivity contribution >= 4 is 54.5 Å². The molecule has 0 spiro atoms. The van der Waals surface area contributed by atoms with Crippen LogP contribution in [0.5, 0.6) is 0 Å². The van der Waals surface area contributed by atoms with E-state index in [9.17, 15) is 0 Å². The zero-order valence-electron chi connectivity index (χ0n) is 31.4. The minimum Gasteiger partial charge on any atom is -0.454 e. The van der Waals surface area contributed by atoms with Crippen LogP contribution in [0.2, 0.25) is 0 Å². The van der Waals surface area contributed by atoms with Crippen LogP contribution >= 0.6 is 0 Å². The standard InChI is InChI=1S/C52H34N4O/c1-52(2)41-23-13-11-21-35(41)36-25-26-37-40-29-33-19-9-10-20-34(33)30-43(40)56(47(37)46(36)52)42-28-27-39(45-38-22-12-14-24-44(38)57-48(42)45)51-54-49(31-15-5-3-6-16-31)53-50(55-51)32-17-7-4-8-18-32/h3-30H,1-2H3. The summed E-state index contributed by atoms with van der Waals surface area (Å²) in [7, 11) is 0. The lowest BCUT2D eigenvalue weighted by molar-refractivity contribution is 0.660. The average Bonchev–Trinajstić information content (AvgIpc) is 3.88. The Kier molecular flexibility index (Phi) is 6.62. The third kappa shape index (κ3) is 4.60. The summed E-state index contributed by atoms with van der Waals surface area (Å²) in [6.07, 6.45) is 0. The summed E-state index contributed by atoms with van der Waals surface area (Å²) in [5, 5.41) is 6.83. The van der Waals surface area contributed by atoms with Gasteiger partial charge in [0.2, 0.25) is 0 Å². The van der Waals surface area contributed by atoms with E-state index in [0.29, 0.717) is 17.5 Å². The highest BCUT2D eigenvalue weighted by Crippen LogP contribution is 2.54. The molecule has 0 saturated heterocycles. The Morgan fingerprint density at radius 2 is 1.11 bits per heavy atom. The van der Waals surface area contributed by atoms with E-state index >= 15 is 0 Å². The normalized spacial score (nSPS) is 13.2. The maximum Gasteiger partial charge on any atom is 0.164 e. The van der Waals surface area contributed by atoms with Gasteiger partial charge in [-0.15, -0.1) is 0 Å². The lowest BCUT2D eigenvalue weighted by Gasteiger charge is -2.23. The first kappa shape index (κ1) is 31.9. The van der Waals surface area contributed by atoms with Crippen molar-refractivity contribution in [3.63, 3.8) is 0 Å². The Bertz CT molecular complexity index is 3370. The molecule has 11 aromatic rings. The highest BCUT2D eigenvalue weighted by atomic mass is 16.3. The minimum atomic E-state index is -0.240. The van der Waals surface area contributed by atoms with Gasteiger partial charge >= 0.3 is 0 Å². The maximum absolute atomic E-state index is 7.03. The van der Waals surface area contributed by atoms with Crippen molar-refractivity contribution in [1.29, 1.82) is 0 Å². The number of hydrogen-bond acceptors (Lipinski definition) is 4. The monoisotopic (exact) mass is 730 g/mol. The number of benzene rings is 8. The molecule has 5 nitrogen and oxygen atoms in total. The molecule has 57 heavy (non-hydrogen) atoms. The van der Waals surface area contributed by atoms with E-state index in [2.05, 4.69) is 122 Å². The summed E-state index contributed by atoms with van der Waals surface area (Å²) < 4.78 is 9.49. The molecule has 3 heterocycles. The molecule has 8 aromatic carbocycles. The van der Waals surface area contributed by atoms with Gasteiger partial charge < -0.3 is 8.98 Å². The lowest BCUT2D eigenvalue weighted by Crippen LogP contribution is -2.16. The largest absolute Gasteiger partial charge is 0.454 e. The fraction of sp³-hybridized carbons (Fsp3) is 0.0577. The molecule has 0 amide bonds. The third-order valence-electron chi connectivity index (χ3n) is 12.0. The van der Waals surface area contributed by atoms with Gasteiger partial charge in [0.25, 0.3) is 0 Å². The molecule has 0 unspecified atom stereocenters. The molecular weight excluding hydrogens is 697 g/mol. The summed E-state index contributed by atoms with van der Waals surface area (Å²) in [4.78, 5) is 15.4. The van der Waals surface area contributed by atoms with Crippen LogP contribution in [-0.2, 0) is 5.41 Å². The Morgan fingerprint density at radius 3 is 1.86 bits per heavy atom. The van der Waals surface area contributed by atoms with Crippen LogP contribution in [-0.4, -0.2) is 19.5 Å². The van der Waals surface area contributed by atoms with E-state index in [4.69, 9.17) is 19.4 Å². The molecule has 0 saturated carbocycles. The Morgan fingerprint density at radius 1 is 0.491 bits per heavy atom. The molecule has 0 radical (unpaired) electrons. The van der Waals surface area contributed by atoms with E-state index in [-0.39, 0.29) is 5.41 Å². The number of hydrogen-bond donors (Lipinski definition) is 0. The van der Waals surface area contributed by atoms with Gasteiger partial charge in [-0.2, -0.15) is 0 Å². The molecule has 12 rings (SSSR count). The van der Waals surface area contributed by atoms with Crippen LogP contribution in [0.4, 0.5) is 0 Å². The molecule has 5 heteroatoms. The third-order valence-corrected chi connectivity index (χ3v) is 12.0. The van der Waals surface area contributed by atoms with Crippen molar-refractivity contribution in [2.45, 2.75) is 19.3 Å². The van der Waals surface area contributed by atoms with Gasteiger partial charge in [-0.1, -0.05) is 153 Å². The molecule has 0 bridgehead atoms. The molecular formula is C52H34N4O. The van der Waals surface area contributed by atoms with Gasteiger partial charge in [0.1, 0.15) is 5.58 Å². The maximum atomic E-state index is 7.03. The molecule has 0 aliphatic heterocycles. The second-order valence-electron chi connectivity index (χ2n) is 15.6. The smallest absolute Gasteiger partial charge is 0.164 e. The number of furan rings is 1. The fourth-order valence-corrected chi connectivity index (χ4v) is 9.40. The first-order valence-electron chi connectivity index (χ1n) is 19.5. The fourth-order valence-electron chi connectivity index (χ4n) is 9.40. The SMILES string of the molecule is CC1(C)c2ccccc2-c2ccc3c4cc5ccccc5cc4n(-c4ccc(-c5nc(-c6ccccc6)nc(-c6ccccc6)n5)c5c4oc4ccccc45)c3c21. The molecule has 3 aromatic heterocycles. The van der Waals surface area contributed by atoms with Crippen LogP contribution in [0.3, 0.4) is 0 Å². The van der Waals surface area contributed by atoms with E-state index < -0.39 is 0 Å². The van der Waals surface area contributed by atoms with Crippen LogP contribution in [0.1, 0.15) is 25.0 Å². The van der Waals surface area contributed by atoms with Gasteiger partial charge in [-0.3, -0.25) is 0 Å². The van der Waals surface area contributed by atoms with Gasteiger partial charge in [-0.25, -0.2) is 15.0 Å². The first-order chi connectivity index (χ1) is 28.0. The number of nitrogens with zero attached hydrogens (tertiary/aromatic N) is 4. The van der Waals surface area contributed by atoms with Crippen molar-refractivity contribution in [2.75, 3.05) is 0 Å². The van der Waals surface area contributed by atoms with Crippen LogP contribution in [0.15, 0.2) is 174 Å². The molecule has 1 aliphatic carbocycles. The predicted molar refractivity (Wildman–Crippen MR) is 233 cm³/mol. The highest BCUT2D eigenvalue weighted by Gasteiger charge is 2.39. The Balaban J connectivity index is 1.21. The van der Waals surface area contributed by atoms with Crippen LogP contribution in [0.25, 0.3) is 105 Å². The van der Waals surface area contributed by atoms with Crippen molar-refractivity contribution in [3.05, 3.63) is 181 Å². The first-order valence-corrected chi connectivity index (χ1v) is 19.5. The number of aromatic nitrogens is 4. The average molecular weight is 731 g/mol. The second-order valence-corrected chi connectivity index (χ2v) is 15.6. The van der Waals surface area contributed by atoms with Gasteiger partial charge in [0.05, 0.1) is 16.7 Å². The molecule has 1 aliphatic rings. The summed E-state index contributed by atoms with van der Waals surface area (Å²) in [6.45, 7) is 4.73. The molecule has 0 N–H and O–H groups in total. The summed E-state index contributed by atoms with van der Waals surface area (Å²) in [6, 6.07) is 59.8.